The summed E-state index contributed by atoms with van der Waals surface area (Å²) in [6, 6.07) is 2.61. The first-order chi connectivity index (χ1) is 7.79. The van der Waals surface area contributed by atoms with Gasteiger partial charge in [0.15, 0.2) is 0 Å². The Morgan fingerprint density at radius 3 is 2.81 bits per heavy atom. The zero-order valence-electron chi connectivity index (χ0n) is 10.0. The predicted molar refractivity (Wildman–Crippen MR) is 70.3 cm³/mol. The van der Waals surface area contributed by atoms with Crippen molar-refractivity contribution in [1.29, 1.82) is 0 Å². The summed E-state index contributed by atoms with van der Waals surface area (Å²) in [6.07, 6.45) is 8.23. The fraction of sp³-hybridized carbons (Fsp3) is 0.692. The van der Waals surface area contributed by atoms with E-state index in [0.29, 0.717) is 6.04 Å². The van der Waals surface area contributed by atoms with E-state index in [2.05, 4.69) is 23.8 Å². The summed E-state index contributed by atoms with van der Waals surface area (Å²) < 4.78 is 0. The predicted octanol–water partition coefficient (Wildman–Crippen LogP) is 3.53. The third kappa shape index (κ3) is 3.06. The lowest BCUT2D eigenvalue weighted by atomic mass is 9.96. The minimum absolute atomic E-state index is 0.352. The fourth-order valence-corrected chi connectivity index (χ4v) is 3.45. The molecule has 0 radical (unpaired) electrons. The number of hydrogen-bond donors (Lipinski definition) is 2. The molecule has 0 spiro atoms. The summed E-state index contributed by atoms with van der Waals surface area (Å²) in [6.45, 7) is 2.15. The van der Waals surface area contributed by atoms with E-state index in [4.69, 9.17) is 5.84 Å². The van der Waals surface area contributed by atoms with Crippen LogP contribution in [0.5, 0.6) is 0 Å². The Labute approximate surface area is 102 Å². The smallest absolute Gasteiger partial charge is 0.0468 e. The highest BCUT2D eigenvalue weighted by Gasteiger charge is 2.18. The van der Waals surface area contributed by atoms with Gasteiger partial charge < -0.3 is 0 Å². The van der Waals surface area contributed by atoms with Gasteiger partial charge in [-0.15, -0.1) is 11.3 Å². The SMILES string of the molecule is Cc1cc(C(CCC2CCCC2)NN)cs1. The molecule has 1 unspecified atom stereocenters. The van der Waals surface area contributed by atoms with Gasteiger partial charge in [-0.25, -0.2) is 0 Å². The fourth-order valence-electron chi connectivity index (χ4n) is 2.69. The van der Waals surface area contributed by atoms with Gasteiger partial charge in [0.25, 0.3) is 0 Å². The molecular formula is C13H22N2S. The van der Waals surface area contributed by atoms with Gasteiger partial charge in [0, 0.05) is 10.9 Å². The number of aryl methyl sites for hydroxylation is 1. The second-order valence-corrected chi connectivity index (χ2v) is 6.05. The molecule has 1 aromatic rings. The molecule has 3 N–H and O–H groups in total. The third-order valence-corrected chi connectivity index (χ3v) is 4.57. The van der Waals surface area contributed by atoms with Gasteiger partial charge in [0.2, 0.25) is 0 Å². The first-order valence-electron chi connectivity index (χ1n) is 6.30. The minimum Gasteiger partial charge on any atom is -0.271 e. The Balaban J connectivity index is 1.85. The molecule has 3 heteroatoms. The summed E-state index contributed by atoms with van der Waals surface area (Å²) in [4.78, 5) is 1.37. The lowest BCUT2D eigenvalue weighted by molar-refractivity contribution is 0.417. The molecule has 1 saturated carbocycles. The van der Waals surface area contributed by atoms with Crippen molar-refractivity contribution in [2.45, 2.75) is 51.5 Å². The van der Waals surface area contributed by atoms with Crippen molar-refractivity contribution in [3.05, 3.63) is 21.9 Å². The third-order valence-electron chi connectivity index (χ3n) is 3.69. The van der Waals surface area contributed by atoms with Crippen molar-refractivity contribution in [2.24, 2.45) is 11.8 Å². The summed E-state index contributed by atoms with van der Waals surface area (Å²) in [5.74, 6) is 6.61. The van der Waals surface area contributed by atoms with Crippen LogP contribution in [0.1, 0.15) is 55.0 Å². The van der Waals surface area contributed by atoms with Crippen LogP contribution < -0.4 is 11.3 Å². The Bertz CT molecular complexity index is 315. The van der Waals surface area contributed by atoms with E-state index >= 15 is 0 Å². The van der Waals surface area contributed by atoms with E-state index in [1.165, 1.54) is 49.0 Å². The van der Waals surface area contributed by atoms with Gasteiger partial charge in [0.1, 0.15) is 0 Å². The Morgan fingerprint density at radius 2 is 2.25 bits per heavy atom. The summed E-state index contributed by atoms with van der Waals surface area (Å²) >= 11 is 1.81. The second kappa shape index (κ2) is 5.80. The topological polar surface area (TPSA) is 38.0 Å². The Kier molecular flexibility index (Phi) is 4.38. The standard InChI is InChI=1S/C13H22N2S/c1-10-8-12(9-16-10)13(15-14)7-6-11-4-2-3-5-11/h8-9,11,13,15H,2-7,14H2,1H3. The molecule has 90 valence electrons. The number of thiophene rings is 1. The average Bonchev–Trinajstić information content (AvgIpc) is 2.91. The first-order valence-corrected chi connectivity index (χ1v) is 7.18. The van der Waals surface area contributed by atoms with Crippen LogP contribution in [-0.4, -0.2) is 0 Å². The summed E-state index contributed by atoms with van der Waals surface area (Å²) in [5.41, 5.74) is 4.33. The second-order valence-electron chi connectivity index (χ2n) is 4.94. The van der Waals surface area contributed by atoms with Gasteiger partial charge in [0.05, 0.1) is 0 Å². The van der Waals surface area contributed by atoms with E-state index in [0.717, 1.165) is 5.92 Å². The van der Waals surface area contributed by atoms with Crippen molar-refractivity contribution in [3.63, 3.8) is 0 Å². The quantitative estimate of drug-likeness (QED) is 0.608. The lowest BCUT2D eigenvalue weighted by Crippen LogP contribution is -2.28. The number of hydrogen-bond acceptors (Lipinski definition) is 3. The molecule has 0 aliphatic heterocycles. The van der Waals surface area contributed by atoms with Crippen LogP contribution in [0.2, 0.25) is 0 Å². The molecule has 1 aromatic heterocycles. The van der Waals surface area contributed by atoms with E-state index in [9.17, 15) is 0 Å². The van der Waals surface area contributed by atoms with Gasteiger partial charge in [-0.2, -0.15) is 0 Å². The molecule has 2 rings (SSSR count). The molecule has 16 heavy (non-hydrogen) atoms. The molecule has 1 aliphatic carbocycles. The highest BCUT2D eigenvalue weighted by molar-refractivity contribution is 7.10. The van der Waals surface area contributed by atoms with Crippen LogP contribution in [-0.2, 0) is 0 Å². The molecule has 2 nitrogen and oxygen atoms in total. The maximum Gasteiger partial charge on any atom is 0.0468 e. The normalized spacial score (nSPS) is 19.1. The number of rotatable bonds is 5. The zero-order valence-corrected chi connectivity index (χ0v) is 10.9. The molecule has 1 fully saturated rings. The van der Waals surface area contributed by atoms with Crippen molar-refractivity contribution in [1.82, 2.24) is 5.43 Å². The van der Waals surface area contributed by atoms with E-state index in [-0.39, 0.29) is 0 Å². The Hall–Kier alpha value is -0.380. The molecular weight excluding hydrogens is 216 g/mol. The maximum atomic E-state index is 5.65. The minimum atomic E-state index is 0.352. The van der Waals surface area contributed by atoms with E-state index in [1.807, 2.05) is 11.3 Å². The van der Waals surface area contributed by atoms with Crippen LogP contribution in [0.3, 0.4) is 0 Å². The molecule has 0 saturated heterocycles. The van der Waals surface area contributed by atoms with Crippen molar-refractivity contribution < 1.29 is 0 Å². The van der Waals surface area contributed by atoms with Gasteiger partial charge in [-0.05, 0) is 42.7 Å². The zero-order chi connectivity index (χ0) is 11.4. The van der Waals surface area contributed by atoms with Crippen LogP contribution in [0.4, 0.5) is 0 Å². The van der Waals surface area contributed by atoms with Crippen LogP contribution in [0.15, 0.2) is 11.4 Å². The molecule has 0 amide bonds. The Morgan fingerprint density at radius 1 is 1.50 bits per heavy atom. The van der Waals surface area contributed by atoms with Crippen LogP contribution >= 0.6 is 11.3 Å². The number of nitrogens with one attached hydrogen (secondary N) is 1. The van der Waals surface area contributed by atoms with Crippen LogP contribution in [0, 0.1) is 12.8 Å². The average molecular weight is 238 g/mol. The summed E-state index contributed by atoms with van der Waals surface area (Å²) in [5, 5.41) is 2.23. The van der Waals surface area contributed by atoms with Crippen molar-refractivity contribution in [2.75, 3.05) is 0 Å². The van der Waals surface area contributed by atoms with Crippen molar-refractivity contribution in [3.8, 4) is 0 Å². The van der Waals surface area contributed by atoms with E-state index < -0.39 is 0 Å². The highest BCUT2D eigenvalue weighted by atomic mass is 32.1. The molecule has 1 heterocycles. The molecule has 0 aromatic carbocycles. The number of hydrazine groups is 1. The monoisotopic (exact) mass is 238 g/mol. The maximum absolute atomic E-state index is 5.65. The first kappa shape index (κ1) is 12.1. The highest BCUT2D eigenvalue weighted by Crippen LogP contribution is 2.32. The van der Waals surface area contributed by atoms with Gasteiger partial charge in [-0.3, -0.25) is 11.3 Å². The van der Waals surface area contributed by atoms with E-state index in [1.54, 1.807) is 0 Å². The molecule has 0 bridgehead atoms. The summed E-state index contributed by atoms with van der Waals surface area (Å²) in [7, 11) is 0. The van der Waals surface area contributed by atoms with Gasteiger partial charge >= 0.3 is 0 Å². The van der Waals surface area contributed by atoms with Crippen molar-refractivity contribution >= 4 is 11.3 Å². The van der Waals surface area contributed by atoms with Gasteiger partial charge in [-0.1, -0.05) is 25.7 Å². The lowest BCUT2D eigenvalue weighted by Gasteiger charge is -2.17. The largest absolute Gasteiger partial charge is 0.271 e. The molecule has 1 aliphatic rings. The molecule has 1 atom stereocenters. The van der Waals surface area contributed by atoms with Crippen LogP contribution in [0.25, 0.3) is 0 Å². The number of nitrogens with two attached hydrogens (primary N) is 1.